The van der Waals surface area contributed by atoms with Gasteiger partial charge >= 0.3 is 11.9 Å². The van der Waals surface area contributed by atoms with Gasteiger partial charge in [0, 0.05) is 0 Å². The maximum absolute atomic E-state index is 10.7. The van der Waals surface area contributed by atoms with Crippen LogP contribution < -0.4 is 5.73 Å². The summed E-state index contributed by atoms with van der Waals surface area (Å²) in [5, 5.41) is 17.4. The van der Waals surface area contributed by atoms with Crippen LogP contribution in [-0.2, 0) is 11.2 Å². The second-order valence-electron chi connectivity index (χ2n) is 3.27. The molecule has 0 saturated carbocycles. The molecule has 1 rings (SSSR count). The van der Waals surface area contributed by atoms with E-state index in [4.69, 9.17) is 27.5 Å². The van der Waals surface area contributed by atoms with E-state index >= 15 is 0 Å². The van der Waals surface area contributed by atoms with Crippen molar-refractivity contribution in [1.82, 2.24) is 0 Å². The van der Waals surface area contributed by atoms with Gasteiger partial charge in [-0.25, -0.2) is 4.79 Å². The summed E-state index contributed by atoms with van der Waals surface area (Å²) in [6.07, 6.45) is 0.106. The maximum atomic E-state index is 10.7. The summed E-state index contributed by atoms with van der Waals surface area (Å²) in [5.41, 5.74) is 5.91. The summed E-state index contributed by atoms with van der Waals surface area (Å²) in [6.45, 7) is 0. The average molecular weight is 244 g/mol. The Morgan fingerprint density at radius 3 is 2.44 bits per heavy atom. The smallest absolute Gasteiger partial charge is 0.337 e. The van der Waals surface area contributed by atoms with E-state index in [9.17, 15) is 9.59 Å². The van der Waals surface area contributed by atoms with Gasteiger partial charge in [0.2, 0.25) is 0 Å². The van der Waals surface area contributed by atoms with Crippen LogP contribution in [0.5, 0.6) is 0 Å². The van der Waals surface area contributed by atoms with E-state index in [2.05, 4.69) is 0 Å². The minimum atomic E-state index is -1.13. The molecule has 0 bridgehead atoms. The highest BCUT2D eigenvalue weighted by molar-refractivity contribution is 6.33. The van der Waals surface area contributed by atoms with E-state index < -0.39 is 18.0 Å². The Hall–Kier alpha value is -1.59. The number of aromatic carboxylic acids is 1. The Bertz CT molecular complexity index is 433. The maximum Gasteiger partial charge on any atom is 0.337 e. The van der Waals surface area contributed by atoms with Crippen LogP contribution in [0.25, 0.3) is 0 Å². The Morgan fingerprint density at radius 2 is 2.00 bits per heavy atom. The third-order valence-corrected chi connectivity index (χ3v) is 2.35. The Kier molecular flexibility index (Phi) is 3.87. The van der Waals surface area contributed by atoms with Gasteiger partial charge in [-0.1, -0.05) is 17.7 Å². The molecule has 0 saturated heterocycles. The van der Waals surface area contributed by atoms with Crippen LogP contribution in [0.2, 0.25) is 5.02 Å². The van der Waals surface area contributed by atoms with E-state index in [0.717, 1.165) is 0 Å². The average Bonchev–Trinajstić information content (AvgIpc) is 2.16. The van der Waals surface area contributed by atoms with E-state index in [1.54, 1.807) is 0 Å². The number of halogens is 1. The zero-order valence-electron chi connectivity index (χ0n) is 8.18. The van der Waals surface area contributed by atoms with Crippen molar-refractivity contribution >= 4 is 23.5 Å². The highest BCUT2D eigenvalue weighted by Gasteiger charge is 2.14. The van der Waals surface area contributed by atoms with E-state index in [0.29, 0.717) is 5.56 Å². The fourth-order valence-corrected chi connectivity index (χ4v) is 1.48. The predicted octanol–water partition coefficient (Wildman–Crippen LogP) is 0.993. The number of nitrogens with two attached hydrogens (primary N) is 1. The summed E-state index contributed by atoms with van der Waals surface area (Å²) in [4.78, 5) is 21.2. The monoisotopic (exact) mass is 243 g/mol. The molecule has 16 heavy (non-hydrogen) atoms. The van der Waals surface area contributed by atoms with Crippen molar-refractivity contribution in [2.75, 3.05) is 0 Å². The molecule has 1 atom stereocenters. The van der Waals surface area contributed by atoms with Crippen LogP contribution in [0.4, 0.5) is 0 Å². The SMILES string of the molecule is N[C@@H](Cc1ccc(C(=O)O)c(Cl)c1)C(=O)O. The van der Waals surface area contributed by atoms with Crippen LogP contribution in [0.3, 0.4) is 0 Å². The lowest BCUT2D eigenvalue weighted by Crippen LogP contribution is -2.32. The van der Waals surface area contributed by atoms with Gasteiger partial charge in [-0.05, 0) is 24.1 Å². The molecule has 0 unspecified atom stereocenters. The first-order valence-corrected chi connectivity index (χ1v) is 4.79. The van der Waals surface area contributed by atoms with Crippen molar-refractivity contribution in [2.24, 2.45) is 5.73 Å². The summed E-state index contributed by atoms with van der Waals surface area (Å²) < 4.78 is 0. The number of carbonyl (C=O) groups is 2. The van der Waals surface area contributed by atoms with Crippen LogP contribution >= 0.6 is 11.6 Å². The molecule has 86 valence electrons. The normalized spacial score (nSPS) is 12.1. The van der Waals surface area contributed by atoms with Gasteiger partial charge < -0.3 is 15.9 Å². The lowest BCUT2D eigenvalue weighted by atomic mass is 10.0. The molecule has 0 heterocycles. The van der Waals surface area contributed by atoms with Gasteiger partial charge in [0.15, 0.2) is 0 Å². The quantitative estimate of drug-likeness (QED) is 0.732. The molecular formula is C10H10ClNO4. The lowest BCUT2D eigenvalue weighted by molar-refractivity contribution is -0.138. The van der Waals surface area contributed by atoms with Gasteiger partial charge in [-0.15, -0.1) is 0 Å². The highest BCUT2D eigenvalue weighted by Crippen LogP contribution is 2.18. The lowest BCUT2D eigenvalue weighted by Gasteiger charge is -2.07. The van der Waals surface area contributed by atoms with E-state index in [1.807, 2.05) is 0 Å². The Balaban J connectivity index is 2.89. The molecule has 6 heteroatoms. The molecular weight excluding hydrogens is 234 g/mol. The van der Waals surface area contributed by atoms with Crippen molar-refractivity contribution in [1.29, 1.82) is 0 Å². The highest BCUT2D eigenvalue weighted by atomic mass is 35.5. The molecule has 0 spiro atoms. The molecule has 0 radical (unpaired) electrons. The van der Waals surface area contributed by atoms with Crippen molar-refractivity contribution < 1.29 is 19.8 Å². The van der Waals surface area contributed by atoms with Crippen LogP contribution in [-0.4, -0.2) is 28.2 Å². The van der Waals surface area contributed by atoms with E-state index in [-0.39, 0.29) is 17.0 Å². The first-order valence-electron chi connectivity index (χ1n) is 4.42. The van der Waals surface area contributed by atoms with E-state index in [1.165, 1.54) is 18.2 Å². The standard InChI is InChI=1S/C10H10ClNO4/c11-7-3-5(4-8(12)10(15)16)1-2-6(7)9(13)14/h1-3,8H,4,12H2,(H,13,14)(H,15,16)/t8-/m0/s1. The van der Waals surface area contributed by atoms with Gasteiger partial charge in [0.25, 0.3) is 0 Å². The topological polar surface area (TPSA) is 101 Å². The first kappa shape index (κ1) is 12.5. The molecule has 0 amide bonds. The number of carboxylic acids is 2. The Labute approximate surface area is 96.4 Å². The molecule has 1 aromatic carbocycles. The largest absolute Gasteiger partial charge is 0.480 e. The summed E-state index contributed by atoms with van der Waals surface area (Å²) >= 11 is 5.72. The van der Waals surface area contributed by atoms with Crippen LogP contribution in [0.1, 0.15) is 15.9 Å². The number of carboxylic acid groups (broad SMARTS) is 2. The molecule has 0 aromatic heterocycles. The second kappa shape index (κ2) is 4.96. The van der Waals surface area contributed by atoms with Crippen molar-refractivity contribution in [3.05, 3.63) is 34.3 Å². The fourth-order valence-electron chi connectivity index (χ4n) is 1.20. The van der Waals surface area contributed by atoms with Crippen molar-refractivity contribution in [3.63, 3.8) is 0 Å². The molecule has 0 aliphatic heterocycles. The zero-order valence-corrected chi connectivity index (χ0v) is 8.94. The number of hydrogen-bond acceptors (Lipinski definition) is 3. The Morgan fingerprint density at radius 1 is 1.38 bits per heavy atom. The first-order chi connectivity index (χ1) is 7.41. The number of aliphatic carboxylic acids is 1. The number of rotatable bonds is 4. The van der Waals surface area contributed by atoms with Gasteiger partial charge in [0.05, 0.1) is 10.6 Å². The van der Waals surface area contributed by atoms with Crippen molar-refractivity contribution in [2.45, 2.75) is 12.5 Å². The third kappa shape index (κ3) is 2.95. The third-order valence-electron chi connectivity index (χ3n) is 2.04. The minimum Gasteiger partial charge on any atom is -0.480 e. The van der Waals surface area contributed by atoms with Crippen LogP contribution in [0.15, 0.2) is 18.2 Å². The minimum absolute atomic E-state index is 0.0192. The molecule has 0 fully saturated rings. The predicted molar refractivity (Wildman–Crippen MR) is 57.7 cm³/mol. The summed E-state index contributed by atoms with van der Waals surface area (Å²) in [7, 11) is 0. The molecule has 0 aliphatic rings. The summed E-state index contributed by atoms with van der Waals surface area (Å²) in [6, 6.07) is 3.22. The number of hydrogen-bond donors (Lipinski definition) is 3. The zero-order chi connectivity index (χ0) is 12.3. The van der Waals surface area contributed by atoms with Crippen LogP contribution in [0, 0.1) is 0 Å². The summed E-state index contributed by atoms with van der Waals surface area (Å²) in [5.74, 6) is -2.24. The molecule has 1 aromatic rings. The van der Waals surface area contributed by atoms with Gasteiger partial charge in [-0.3, -0.25) is 4.79 Å². The fraction of sp³-hybridized carbons (Fsp3) is 0.200. The molecule has 4 N–H and O–H groups in total. The molecule has 5 nitrogen and oxygen atoms in total. The van der Waals surface area contributed by atoms with Gasteiger partial charge in [0.1, 0.15) is 6.04 Å². The number of benzene rings is 1. The van der Waals surface area contributed by atoms with Gasteiger partial charge in [-0.2, -0.15) is 0 Å². The second-order valence-corrected chi connectivity index (χ2v) is 3.68. The van der Waals surface area contributed by atoms with Crippen molar-refractivity contribution in [3.8, 4) is 0 Å². The molecule has 0 aliphatic carbocycles.